The van der Waals surface area contributed by atoms with Crippen LogP contribution in [0.3, 0.4) is 0 Å². The fourth-order valence-corrected chi connectivity index (χ4v) is 3.43. The highest BCUT2D eigenvalue weighted by molar-refractivity contribution is 5.73. The van der Waals surface area contributed by atoms with Gasteiger partial charge in [-0.3, -0.25) is 4.79 Å². The summed E-state index contributed by atoms with van der Waals surface area (Å²) in [4.78, 5) is 24.7. The quantitative estimate of drug-likeness (QED) is 0.570. The molecule has 0 bridgehead atoms. The fourth-order valence-electron chi connectivity index (χ4n) is 3.43. The number of carbonyl (C=O) groups is 2. The van der Waals surface area contributed by atoms with Crippen molar-refractivity contribution in [2.24, 2.45) is 17.6 Å². The van der Waals surface area contributed by atoms with Gasteiger partial charge in [-0.2, -0.15) is 0 Å². The van der Waals surface area contributed by atoms with Gasteiger partial charge in [-0.25, -0.2) is 4.79 Å². The van der Waals surface area contributed by atoms with Crippen molar-refractivity contribution < 1.29 is 23.8 Å². The third-order valence-electron chi connectivity index (χ3n) is 4.82. The highest BCUT2D eigenvalue weighted by atomic mass is 16.6. The van der Waals surface area contributed by atoms with Crippen molar-refractivity contribution in [2.75, 3.05) is 7.11 Å². The van der Waals surface area contributed by atoms with Gasteiger partial charge in [0.25, 0.3) is 0 Å². The van der Waals surface area contributed by atoms with Gasteiger partial charge in [-0.1, -0.05) is 30.3 Å². The lowest BCUT2D eigenvalue weighted by Gasteiger charge is -2.37. The summed E-state index contributed by atoms with van der Waals surface area (Å²) in [5.74, 6) is -0.961. The van der Waals surface area contributed by atoms with Crippen molar-refractivity contribution in [2.45, 2.75) is 64.5 Å². The first kappa shape index (κ1) is 22.2. The summed E-state index contributed by atoms with van der Waals surface area (Å²) in [5, 5.41) is 2.78. The number of nitrogens with two attached hydrogens (primary N) is 1. The number of hydrogen-bond donors (Lipinski definition) is 2. The molecule has 1 amide bonds. The van der Waals surface area contributed by atoms with Crippen LogP contribution in [0.25, 0.3) is 0 Å². The number of carbonyl (C=O) groups excluding carboxylic acids is 2. The van der Waals surface area contributed by atoms with E-state index in [4.69, 9.17) is 19.9 Å². The molecule has 1 saturated carbocycles. The highest BCUT2D eigenvalue weighted by Gasteiger charge is 2.41. The molecule has 1 aliphatic carbocycles. The van der Waals surface area contributed by atoms with Crippen LogP contribution in [0.4, 0.5) is 4.79 Å². The minimum atomic E-state index is -0.633. The van der Waals surface area contributed by atoms with Gasteiger partial charge < -0.3 is 25.3 Å². The summed E-state index contributed by atoms with van der Waals surface area (Å²) in [6.07, 6.45) is 0.154. The van der Waals surface area contributed by atoms with E-state index in [2.05, 4.69) is 5.32 Å². The Morgan fingerprint density at radius 1 is 1.21 bits per heavy atom. The van der Waals surface area contributed by atoms with Crippen LogP contribution in [0.15, 0.2) is 30.3 Å². The van der Waals surface area contributed by atoms with Crippen LogP contribution in [0.2, 0.25) is 0 Å². The minimum Gasteiger partial charge on any atom is -0.461 e. The molecule has 156 valence electrons. The van der Waals surface area contributed by atoms with Crippen LogP contribution < -0.4 is 11.1 Å². The molecule has 0 aliphatic heterocycles. The van der Waals surface area contributed by atoms with Crippen molar-refractivity contribution >= 4 is 12.1 Å². The van der Waals surface area contributed by atoms with E-state index in [1.165, 1.54) is 7.11 Å². The number of esters is 1. The molecule has 7 nitrogen and oxygen atoms in total. The van der Waals surface area contributed by atoms with Crippen LogP contribution >= 0.6 is 0 Å². The van der Waals surface area contributed by atoms with Crippen LogP contribution in [0.1, 0.15) is 45.6 Å². The fraction of sp³-hybridized carbons (Fsp3) is 0.619. The first-order valence-electron chi connectivity index (χ1n) is 9.67. The summed E-state index contributed by atoms with van der Waals surface area (Å²) in [7, 11) is 1.51. The summed E-state index contributed by atoms with van der Waals surface area (Å²) < 4.78 is 16.3. The maximum absolute atomic E-state index is 12.7. The second-order valence-corrected chi connectivity index (χ2v) is 8.28. The van der Waals surface area contributed by atoms with Crippen molar-refractivity contribution in [3.05, 3.63) is 35.9 Å². The average Bonchev–Trinajstić information content (AvgIpc) is 2.64. The highest BCUT2D eigenvalue weighted by Crippen LogP contribution is 2.35. The topological polar surface area (TPSA) is 99.9 Å². The number of nitrogens with one attached hydrogen (secondary N) is 1. The summed E-state index contributed by atoms with van der Waals surface area (Å²) in [6, 6.07) is 9.53. The summed E-state index contributed by atoms with van der Waals surface area (Å²) in [5.41, 5.74) is 6.64. The third kappa shape index (κ3) is 6.80. The molecule has 0 aromatic heterocycles. The standard InChI is InChI=1S/C21H32N2O5/c1-21(2,3)23-20(25)28-15-10-11-16(17(12-15)18(22)26-4)19(24)27-13-14-8-6-5-7-9-14/h5-9,15-18H,10-13,22H2,1-4H3,(H,23,25). The van der Waals surface area contributed by atoms with Crippen LogP contribution in [-0.2, 0) is 25.6 Å². The zero-order valence-electron chi connectivity index (χ0n) is 17.1. The van der Waals surface area contributed by atoms with E-state index in [0.29, 0.717) is 19.3 Å². The predicted octanol–water partition coefficient (Wildman–Crippen LogP) is 2.97. The van der Waals surface area contributed by atoms with E-state index in [9.17, 15) is 9.59 Å². The van der Waals surface area contributed by atoms with Crippen molar-refractivity contribution in [3.8, 4) is 0 Å². The second kappa shape index (κ2) is 9.89. The number of rotatable bonds is 6. The van der Waals surface area contributed by atoms with Crippen molar-refractivity contribution in [1.82, 2.24) is 5.32 Å². The van der Waals surface area contributed by atoms with E-state index < -0.39 is 12.3 Å². The molecule has 28 heavy (non-hydrogen) atoms. The normalized spacial score (nSPS) is 23.5. The Labute approximate surface area is 166 Å². The number of benzene rings is 1. The smallest absolute Gasteiger partial charge is 0.407 e. The molecule has 0 saturated heterocycles. The lowest BCUT2D eigenvalue weighted by Crippen LogP contribution is -2.47. The summed E-state index contributed by atoms with van der Waals surface area (Å²) >= 11 is 0. The molecule has 1 aliphatic rings. The van der Waals surface area contributed by atoms with Gasteiger partial charge in [0.15, 0.2) is 0 Å². The maximum atomic E-state index is 12.7. The molecule has 4 atom stereocenters. The van der Waals surface area contributed by atoms with Gasteiger partial charge >= 0.3 is 12.1 Å². The molecular formula is C21H32N2O5. The van der Waals surface area contributed by atoms with E-state index >= 15 is 0 Å². The zero-order valence-corrected chi connectivity index (χ0v) is 17.1. The Morgan fingerprint density at radius 2 is 1.89 bits per heavy atom. The third-order valence-corrected chi connectivity index (χ3v) is 4.82. The Balaban J connectivity index is 1.96. The second-order valence-electron chi connectivity index (χ2n) is 8.28. The van der Waals surface area contributed by atoms with Gasteiger partial charge in [0.1, 0.15) is 18.9 Å². The van der Waals surface area contributed by atoms with E-state index in [1.54, 1.807) is 0 Å². The molecule has 1 fully saturated rings. The van der Waals surface area contributed by atoms with Crippen LogP contribution in [0, 0.1) is 11.8 Å². The van der Waals surface area contributed by atoms with Gasteiger partial charge in [0, 0.05) is 18.6 Å². The molecule has 1 aromatic carbocycles. The first-order valence-corrected chi connectivity index (χ1v) is 9.67. The molecule has 4 unspecified atom stereocenters. The molecule has 0 heterocycles. The van der Waals surface area contributed by atoms with Crippen molar-refractivity contribution in [1.29, 1.82) is 0 Å². The Kier molecular flexibility index (Phi) is 7.83. The van der Waals surface area contributed by atoms with E-state index in [0.717, 1.165) is 5.56 Å². The molecule has 0 radical (unpaired) electrons. The van der Waals surface area contributed by atoms with Crippen molar-refractivity contribution in [3.63, 3.8) is 0 Å². The predicted molar refractivity (Wildman–Crippen MR) is 105 cm³/mol. The number of amides is 1. The first-order chi connectivity index (χ1) is 13.2. The molecule has 3 N–H and O–H groups in total. The van der Waals surface area contributed by atoms with Gasteiger partial charge in [0.05, 0.1) is 5.92 Å². The SMILES string of the molecule is COC(N)C1CC(OC(=O)NC(C)(C)C)CCC1C(=O)OCc1ccccc1. The number of hydrogen-bond acceptors (Lipinski definition) is 6. The molecule has 7 heteroatoms. The lowest BCUT2D eigenvalue weighted by atomic mass is 9.77. The Bertz CT molecular complexity index is 644. The molecule has 0 spiro atoms. The lowest BCUT2D eigenvalue weighted by molar-refractivity contribution is -0.157. The molecule has 1 aromatic rings. The largest absolute Gasteiger partial charge is 0.461 e. The Morgan fingerprint density at radius 3 is 2.50 bits per heavy atom. The minimum absolute atomic E-state index is 0.221. The number of alkyl carbamates (subject to hydrolysis) is 1. The van der Waals surface area contributed by atoms with Crippen LogP contribution in [0.5, 0.6) is 0 Å². The van der Waals surface area contributed by atoms with E-state index in [-0.39, 0.29) is 36.1 Å². The number of methoxy groups -OCH3 is 1. The van der Waals surface area contributed by atoms with Gasteiger partial charge in [0.2, 0.25) is 0 Å². The monoisotopic (exact) mass is 392 g/mol. The summed E-state index contributed by atoms with van der Waals surface area (Å²) in [6.45, 7) is 5.88. The van der Waals surface area contributed by atoms with E-state index in [1.807, 2.05) is 51.1 Å². The number of ether oxygens (including phenoxy) is 3. The zero-order chi connectivity index (χ0) is 20.7. The van der Waals surface area contributed by atoms with Gasteiger partial charge in [-0.05, 0) is 45.6 Å². The van der Waals surface area contributed by atoms with Crippen LogP contribution in [-0.4, -0.2) is 37.0 Å². The van der Waals surface area contributed by atoms with Gasteiger partial charge in [-0.15, -0.1) is 0 Å². The molecule has 2 rings (SSSR count). The maximum Gasteiger partial charge on any atom is 0.407 e. The average molecular weight is 392 g/mol. The molecular weight excluding hydrogens is 360 g/mol. The Hall–Kier alpha value is -2.12.